The maximum Gasteiger partial charge on any atom is 0.348 e. The summed E-state index contributed by atoms with van der Waals surface area (Å²) < 4.78 is 5.76. The monoisotopic (exact) mass is 644 g/mol. The Bertz CT molecular complexity index is 1520. The predicted molar refractivity (Wildman–Crippen MR) is 178 cm³/mol. The highest BCUT2D eigenvalue weighted by Crippen LogP contribution is 2.33. The molecule has 2 aromatic carbocycles. The molecule has 0 bridgehead atoms. The fraction of sp³-hybridized carbons (Fsp3) is 0.361. The molecule has 0 aromatic heterocycles. The highest BCUT2D eigenvalue weighted by molar-refractivity contribution is 5.95. The summed E-state index contributed by atoms with van der Waals surface area (Å²) in [5.41, 5.74) is 0.0914. The second kappa shape index (κ2) is 16.8. The third-order valence-electron chi connectivity index (χ3n) is 8.13. The van der Waals surface area contributed by atoms with Gasteiger partial charge in [-0.25, -0.2) is 4.79 Å². The molecular weight excluding hydrogens is 600 g/mol. The zero-order valence-corrected chi connectivity index (χ0v) is 26.7. The van der Waals surface area contributed by atoms with Gasteiger partial charge in [-0.1, -0.05) is 61.2 Å². The van der Waals surface area contributed by atoms with Gasteiger partial charge in [-0.05, 0) is 67.8 Å². The summed E-state index contributed by atoms with van der Waals surface area (Å²) in [5.74, 6) is -1.47. The van der Waals surface area contributed by atoms with Crippen LogP contribution in [0, 0.1) is 0 Å². The molecule has 2 amide bonds. The first kappa shape index (κ1) is 35.3. The molecule has 3 atom stereocenters. The normalized spacial score (nSPS) is 19.6. The lowest BCUT2D eigenvalue weighted by Crippen LogP contribution is -2.41. The molecule has 0 radical (unpaired) electrons. The molecule has 2 aliphatic heterocycles. The van der Waals surface area contributed by atoms with E-state index in [9.17, 15) is 29.7 Å². The van der Waals surface area contributed by atoms with Crippen molar-refractivity contribution in [1.29, 1.82) is 0 Å². The fourth-order valence-electron chi connectivity index (χ4n) is 5.52. The van der Waals surface area contributed by atoms with E-state index in [2.05, 4.69) is 27.4 Å². The number of aliphatic hydroxyl groups is 3. The summed E-state index contributed by atoms with van der Waals surface area (Å²) in [6, 6.07) is 15.0. The Kier molecular flexibility index (Phi) is 12.7. The van der Waals surface area contributed by atoms with Gasteiger partial charge in [-0.15, -0.1) is 0 Å². The molecule has 1 fully saturated rings. The highest BCUT2D eigenvalue weighted by atomic mass is 16.6. The third kappa shape index (κ3) is 9.72. The summed E-state index contributed by atoms with van der Waals surface area (Å²) in [5, 5.41) is 40.9. The Morgan fingerprint density at radius 1 is 1.11 bits per heavy atom. The first-order valence-corrected chi connectivity index (χ1v) is 15.8. The SMILES string of the molecule is C=C(O)/C=C\C(=C1\C=CC(=O)NC1)[C@@H](O)CNCCCCNC(=O)c1cccc(C(O)(C(=O)O[C@@H]2CCN(C)C2)c2ccccc2)c1. The van der Waals surface area contributed by atoms with Crippen LogP contribution in [0.5, 0.6) is 0 Å². The average Bonchev–Trinajstić information content (AvgIpc) is 3.48. The minimum absolute atomic E-state index is 0.150. The maximum atomic E-state index is 13.5. The molecule has 11 heteroatoms. The van der Waals surface area contributed by atoms with Gasteiger partial charge < -0.3 is 40.9 Å². The molecule has 2 aromatic rings. The van der Waals surface area contributed by atoms with Crippen molar-refractivity contribution in [1.82, 2.24) is 20.9 Å². The van der Waals surface area contributed by atoms with E-state index in [1.165, 1.54) is 18.2 Å². The van der Waals surface area contributed by atoms with Crippen molar-refractivity contribution in [2.45, 2.75) is 37.1 Å². The number of rotatable bonds is 15. The van der Waals surface area contributed by atoms with Crippen molar-refractivity contribution in [2.75, 3.05) is 46.3 Å². The lowest BCUT2D eigenvalue weighted by molar-refractivity contribution is -0.167. The molecular formula is C36H44N4O7. The fourth-order valence-corrected chi connectivity index (χ4v) is 5.52. The summed E-state index contributed by atoms with van der Waals surface area (Å²) in [4.78, 5) is 40.1. The van der Waals surface area contributed by atoms with Gasteiger partial charge in [0, 0.05) is 49.9 Å². The van der Waals surface area contributed by atoms with Crippen molar-refractivity contribution in [3.8, 4) is 0 Å². The molecule has 47 heavy (non-hydrogen) atoms. The number of carbonyl (C=O) groups excluding carboxylic acids is 3. The van der Waals surface area contributed by atoms with Crippen LogP contribution in [0.2, 0.25) is 0 Å². The largest absolute Gasteiger partial charge is 0.509 e. The molecule has 6 N–H and O–H groups in total. The van der Waals surface area contributed by atoms with Crippen molar-refractivity contribution in [2.24, 2.45) is 0 Å². The van der Waals surface area contributed by atoms with E-state index in [4.69, 9.17) is 4.74 Å². The Morgan fingerprint density at radius 2 is 1.85 bits per heavy atom. The van der Waals surface area contributed by atoms with Gasteiger partial charge in [0.1, 0.15) is 11.9 Å². The Hall–Kier alpha value is -4.55. The molecule has 0 aliphatic carbocycles. The lowest BCUT2D eigenvalue weighted by atomic mass is 9.85. The zero-order chi connectivity index (χ0) is 33.8. The van der Waals surface area contributed by atoms with Crippen LogP contribution in [0.1, 0.15) is 40.7 Å². The summed E-state index contributed by atoms with van der Waals surface area (Å²) >= 11 is 0. The van der Waals surface area contributed by atoms with Crippen LogP contribution < -0.4 is 16.0 Å². The summed E-state index contributed by atoms with van der Waals surface area (Å²) in [7, 11) is 1.95. The van der Waals surface area contributed by atoms with E-state index >= 15 is 0 Å². The molecule has 0 saturated carbocycles. The van der Waals surface area contributed by atoms with Crippen molar-refractivity contribution in [3.05, 3.63) is 119 Å². The van der Waals surface area contributed by atoms with Gasteiger partial charge in [0.05, 0.1) is 6.10 Å². The molecule has 0 spiro atoms. The van der Waals surface area contributed by atoms with Crippen LogP contribution in [0.25, 0.3) is 0 Å². The highest BCUT2D eigenvalue weighted by Gasteiger charge is 2.43. The quantitative estimate of drug-likeness (QED) is 0.0740. The van der Waals surface area contributed by atoms with Gasteiger partial charge in [0.2, 0.25) is 11.5 Å². The topological polar surface area (TPSA) is 160 Å². The smallest absolute Gasteiger partial charge is 0.348 e. The van der Waals surface area contributed by atoms with E-state index in [1.807, 2.05) is 7.05 Å². The van der Waals surface area contributed by atoms with Crippen LogP contribution in [0.4, 0.5) is 0 Å². The van der Waals surface area contributed by atoms with Crippen LogP contribution in [-0.4, -0.2) is 96.5 Å². The predicted octanol–water partition coefficient (Wildman–Crippen LogP) is 2.24. The van der Waals surface area contributed by atoms with Crippen LogP contribution in [-0.2, 0) is 19.9 Å². The molecule has 2 heterocycles. The maximum absolute atomic E-state index is 13.5. The minimum atomic E-state index is -2.09. The number of nitrogens with one attached hydrogen (secondary N) is 3. The van der Waals surface area contributed by atoms with Crippen LogP contribution in [0.15, 0.2) is 102 Å². The van der Waals surface area contributed by atoms with Crippen molar-refractivity contribution in [3.63, 3.8) is 0 Å². The molecule has 11 nitrogen and oxygen atoms in total. The van der Waals surface area contributed by atoms with Crippen LogP contribution >= 0.6 is 0 Å². The number of allylic oxidation sites excluding steroid dienone is 1. The number of ether oxygens (including phenoxy) is 1. The molecule has 1 saturated heterocycles. The van der Waals surface area contributed by atoms with E-state index < -0.39 is 17.7 Å². The molecule has 4 rings (SSSR count). The van der Waals surface area contributed by atoms with E-state index in [0.717, 1.165) is 12.1 Å². The number of carbonyl (C=O) groups is 3. The van der Waals surface area contributed by atoms with Crippen molar-refractivity contribution >= 4 is 17.8 Å². The van der Waals surface area contributed by atoms with Crippen LogP contribution in [0.3, 0.4) is 0 Å². The van der Waals surface area contributed by atoms with Gasteiger partial charge in [-0.2, -0.15) is 0 Å². The number of likely N-dealkylation sites (N-methyl/N-ethyl adjacent to an activating group) is 1. The van der Waals surface area contributed by atoms with E-state index in [0.29, 0.717) is 55.6 Å². The zero-order valence-electron chi connectivity index (χ0n) is 26.7. The number of esters is 1. The average molecular weight is 645 g/mol. The minimum Gasteiger partial charge on any atom is -0.509 e. The molecule has 1 unspecified atom stereocenters. The number of benzene rings is 2. The Morgan fingerprint density at radius 3 is 2.53 bits per heavy atom. The number of nitrogens with zero attached hydrogens (tertiary/aromatic N) is 1. The lowest BCUT2D eigenvalue weighted by Gasteiger charge is -2.29. The van der Waals surface area contributed by atoms with Gasteiger partial charge in [0.15, 0.2) is 0 Å². The van der Waals surface area contributed by atoms with Gasteiger partial charge >= 0.3 is 5.97 Å². The first-order valence-electron chi connectivity index (χ1n) is 15.8. The second-order valence-electron chi connectivity index (χ2n) is 11.8. The molecule has 250 valence electrons. The number of likely N-dealkylation sites (tertiary alicyclic amines) is 1. The van der Waals surface area contributed by atoms with E-state index in [-0.39, 0.29) is 42.3 Å². The number of unbranched alkanes of at least 4 members (excludes halogenated alkanes) is 1. The summed E-state index contributed by atoms with van der Waals surface area (Å²) in [6.07, 6.45) is 6.84. The first-order chi connectivity index (χ1) is 22.6. The number of hydrogen-bond acceptors (Lipinski definition) is 9. The van der Waals surface area contributed by atoms with Gasteiger partial charge in [0.25, 0.3) is 5.91 Å². The summed E-state index contributed by atoms with van der Waals surface area (Å²) in [6.45, 7) is 6.31. The molecule has 2 aliphatic rings. The standard InChI is InChI=1S/C36H44N4O7/c1-25(41)13-15-31(27-14-16-33(43)39-22-27)32(42)23-37-18-6-7-19-38-34(44)26-9-8-12-29(21-26)36(46,28-10-4-3-5-11-28)35(45)47-30-17-20-40(2)24-30/h3-5,8-16,21,30,32,37,41-42,46H,1,6-7,17-20,22-24H2,2H3,(H,38,44)(H,39,43)/b15-13-,31-27+/t30-,32+,36?/m1/s1. The number of amides is 2. The van der Waals surface area contributed by atoms with Crippen molar-refractivity contribution < 1.29 is 34.4 Å². The van der Waals surface area contributed by atoms with E-state index in [1.54, 1.807) is 60.7 Å². The Balaban J connectivity index is 1.30. The number of aliphatic hydroxyl groups excluding tert-OH is 2. The third-order valence-corrected chi connectivity index (χ3v) is 8.13. The van der Waals surface area contributed by atoms with Gasteiger partial charge in [-0.3, -0.25) is 9.59 Å². The number of hydrogen-bond donors (Lipinski definition) is 6. The second-order valence-corrected chi connectivity index (χ2v) is 11.8. The Labute approximate surface area is 275 Å².